The zero-order chi connectivity index (χ0) is 19.2. The molecule has 8 heteroatoms. The van der Waals surface area contributed by atoms with E-state index in [1.807, 2.05) is 19.9 Å². The summed E-state index contributed by atoms with van der Waals surface area (Å²) < 4.78 is 10.2. The number of carbonyl (C=O) groups excluding carboxylic acids is 1. The minimum Gasteiger partial charge on any atom is -0.486 e. The molecule has 8 nitrogen and oxygen atoms in total. The summed E-state index contributed by atoms with van der Waals surface area (Å²) in [6.45, 7) is 4.88. The number of guanidine groups is 1. The number of ether oxygens (including phenoxy) is 2. The first kappa shape index (κ1) is 17.2. The van der Waals surface area contributed by atoms with Crippen LogP contribution in [0.4, 0.5) is 0 Å². The van der Waals surface area contributed by atoms with E-state index >= 15 is 0 Å². The van der Waals surface area contributed by atoms with E-state index in [0.717, 1.165) is 11.1 Å². The minimum absolute atomic E-state index is 0.0943. The summed E-state index contributed by atoms with van der Waals surface area (Å²) in [5.74, 6) is 7.19. The summed E-state index contributed by atoms with van der Waals surface area (Å²) in [7, 11) is 0. The molecule has 0 radical (unpaired) electrons. The minimum atomic E-state index is -0.938. The van der Waals surface area contributed by atoms with Gasteiger partial charge in [-0.25, -0.2) is 4.79 Å². The van der Waals surface area contributed by atoms with Gasteiger partial charge in [0.15, 0.2) is 11.5 Å². The topological polar surface area (TPSA) is 112 Å². The Kier molecular flexibility index (Phi) is 3.94. The van der Waals surface area contributed by atoms with Gasteiger partial charge in [0.1, 0.15) is 13.2 Å². The maximum atomic E-state index is 13.0. The molecule has 2 aromatic rings. The van der Waals surface area contributed by atoms with Gasteiger partial charge in [0.2, 0.25) is 5.84 Å². The molecule has 1 unspecified atom stereocenters. The maximum absolute atomic E-state index is 13.0. The third-order valence-corrected chi connectivity index (χ3v) is 4.69. The van der Waals surface area contributed by atoms with Gasteiger partial charge in [-0.15, -0.1) is 10.8 Å². The summed E-state index contributed by atoms with van der Waals surface area (Å²) in [5.41, 5.74) is 9.12. The van der Waals surface area contributed by atoms with Gasteiger partial charge in [0.25, 0.3) is 0 Å². The molecular weight excluding hydrogens is 346 g/mol. The van der Waals surface area contributed by atoms with Gasteiger partial charge < -0.3 is 15.2 Å². The fourth-order valence-electron chi connectivity index (χ4n) is 2.93. The second kappa shape index (κ2) is 6.19. The number of amidine groups is 1. The molecule has 0 spiro atoms. The Hall–Kier alpha value is -3.23. The third-order valence-electron chi connectivity index (χ3n) is 4.69. The first-order chi connectivity index (χ1) is 12.9. The second-order valence-corrected chi connectivity index (χ2v) is 6.54. The van der Waals surface area contributed by atoms with E-state index in [0.29, 0.717) is 35.8 Å². The number of nitrogens with zero attached hydrogens (tertiary/aromatic N) is 3. The maximum Gasteiger partial charge on any atom is 0.399 e. The van der Waals surface area contributed by atoms with E-state index in [-0.39, 0.29) is 11.8 Å². The summed E-state index contributed by atoms with van der Waals surface area (Å²) in [4.78, 5) is 17.2. The molecule has 2 aliphatic rings. The van der Waals surface area contributed by atoms with E-state index in [4.69, 9.17) is 21.1 Å². The Morgan fingerprint density at radius 3 is 2.52 bits per heavy atom. The Labute approximate surface area is 156 Å². The van der Waals surface area contributed by atoms with Gasteiger partial charge in [-0.3, -0.25) is 0 Å². The number of fused-ring (bicyclic) bond motifs is 1. The normalized spacial score (nSPS) is 20.9. The van der Waals surface area contributed by atoms with Gasteiger partial charge >= 0.3 is 11.9 Å². The summed E-state index contributed by atoms with van der Waals surface area (Å²) in [6, 6.07) is 10.6. The number of benzene rings is 2. The Morgan fingerprint density at radius 2 is 1.78 bits per heavy atom. The van der Waals surface area contributed by atoms with Crippen LogP contribution in [-0.4, -0.2) is 35.6 Å². The van der Waals surface area contributed by atoms with Crippen molar-refractivity contribution in [3.8, 4) is 11.5 Å². The number of nitrogens with two attached hydrogens (primary N) is 2. The van der Waals surface area contributed by atoms with Crippen molar-refractivity contribution < 1.29 is 19.0 Å². The molecule has 0 fully saturated rings. The van der Waals surface area contributed by atoms with E-state index in [1.54, 1.807) is 30.3 Å². The smallest absolute Gasteiger partial charge is 0.399 e. The number of aryl methyl sites for hydroxylation is 2. The van der Waals surface area contributed by atoms with Crippen LogP contribution in [0.25, 0.3) is 0 Å². The molecule has 27 heavy (non-hydrogen) atoms. The van der Waals surface area contributed by atoms with Crippen LogP contribution in [0, 0.1) is 13.8 Å². The molecule has 2 heterocycles. The van der Waals surface area contributed by atoms with Crippen molar-refractivity contribution in [2.75, 3.05) is 13.2 Å². The average Bonchev–Trinajstić information content (AvgIpc) is 2.99. The van der Waals surface area contributed by atoms with Crippen molar-refractivity contribution >= 4 is 17.7 Å². The van der Waals surface area contributed by atoms with Gasteiger partial charge in [-0.05, 0) is 60.4 Å². The van der Waals surface area contributed by atoms with E-state index in [1.165, 1.54) is 0 Å². The van der Waals surface area contributed by atoms with Crippen LogP contribution in [0.3, 0.4) is 0 Å². The lowest BCUT2D eigenvalue weighted by Crippen LogP contribution is -2.60. The number of carbonyl (C=O) groups is 1. The van der Waals surface area contributed by atoms with Crippen LogP contribution in [0.15, 0.2) is 46.5 Å². The Morgan fingerprint density at radius 1 is 1.04 bits per heavy atom. The molecule has 0 aliphatic carbocycles. The van der Waals surface area contributed by atoms with Crippen LogP contribution in [0.5, 0.6) is 11.5 Å². The fraction of sp³-hybridized carbons (Fsp3) is 0.211. The lowest BCUT2D eigenvalue weighted by molar-refractivity contribution is -0.774. The molecule has 0 aromatic heterocycles. The van der Waals surface area contributed by atoms with Gasteiger partial charge in [-0.2, -0.15) is 0 Å². The fourth-order valence-corrected chi connectivity index (χ4v) is 2.93. The van der Waals surface area contributed by atoms with Crippen LogP contribution >= 0.6 is 0 Å². The largest absolute Gasteiger partial charge is 0.486 e. The van der Waals surface area contributed by atoms with Gasteiger partial charge in [-0.1, -0.05) is 6.07 Å². The summed E-state index contributed by atoms with van der Waals surface area (Å²) >= 11 is 0. The van der Waals surface area contributed by atoms with Crippen molar-refractivity contribution in [1.29, 1.82) is 0 Å². The molecule has 0 saturated heterocycles. The van der Waals surface area contributed by atoms with Crippen LogP contribution in [0.1, 0.15) is 27.0 Å². The van der Waals surface area contributed by atoms with Crippen molar-refractivity contribution in [2.45, 2.75) is 13.8 Å². The monoisotopic (exact) mass is 366 g/mol. The Balaban J connectivity index is 1.70. The molecule has 4 N–H and O–H groups in total. The van der Waals surface area contributed by atoms with E-state index < -0.39 is 10.6 Å². The van der Waals surface area contributed by atoms with Crippen LogP contribution < -0.4 is 21.1 Å². The zero-order valence-electron chi connectivity index (χ0n) is 15.1. The van der Waals surface area contributed by atoms with Gasteiger partial charge in [0, 0.05) is 10.3 Å². The number of rotatable bonds is 2. The van der Waals surface area contributed by atoms with Crippen molar-refractivity contribution in [1.82, 2.24) is 0 Å². The predicted octanol–water partition coefficient (Wildman–Crippen LogP) is 1.60. The highest BCUT2D eigenvalue weighted by atomic mass is 16.6. The highest BCUT2D eigenvalue weighted by Crippen LogP contribution is 2.32. The second-order valence-electron chi connectivity index (χ2n) is 6.54. The first-order valence-electron chi connectivity index (χ1n) is 8.53. The predicted molar refractivity (Wildman–Crippen MR) is 100 cm³/mol. The molecule has 2 aliphatic heterocycles. The molecule has 138 valence electrons. The molecule has 0 saturated carbocycles. The third kappa shape index (κ3) is 2.84. The molecule has 1 atom stereocenters. The highest BCUT2D eigenvalue weighted by Gasteiger charge is 2.46. The Bertz CT molecular complexity index is 1010. The summed E-state index contributed by atoms with van der Waals surface area (Å²) in [6.07, 6.45) is 0. The number of hydrogen-bond acceptors (Lipinski definition) is 7. The quantitative estimate of drug-likeness (QED) is 0.476. The molecule has 0 bridgehead atoms. The molecule has 4 rings (SSSR count). The van der Waals surface area contributed by atoms with E-state index in [9.17, 15) is 4.79 Å². The van der Waals surface area contributed by atoms with Crippen molar-refractivity contribution in [3.63, 3.8) is 0 Å². The van der Waals surface area contributed by atoms with Crippen LogP contribution in [0.2, 0.25) is 0 Å². The van der Waals surface area contributed by atoms with Crippen molar-refractivity contribution in [3.05, 3.63) is 58.7 Å². The first-order valence-corrected chi connectivity index (χ1v) is 8.53. The van der Waals surface area contributed by atoms with E-state index in [2.05, 4.69) is 10.1 Å². The highest BCUT2D eigenvalue weighted by molar-refractivity contribution is 6.10. The SMILES string of the molecule is Cc1ccc(C(=O)[N+]2(N)N=C(c3ccc4c(c3)OCCO4)N=C2N)cc1C. The number of aliphatic imine (C=N–C) groups is 1. The summed E-state index contributed by atoms with van der Waals surface area (Å²) in [5, 5.41) is 4.31. The number of hydrogen-bond donors (Lipinski definition) is 2. The number of quaternary nitrogens is 1. The van der Waals surface area contributed by atoms with Crippen LogP contribution in [-0.2, 0) is 0 Å². The van der Waals surface area contributed by atoms with Crippen molar-refractivity contribution in [2.24, 2.45) is 21.7 Å². The lowest BCUT2D eigenvalue weighted by Gasteiger charge is -2.18. The standard InChI is InChI=1S/C19H20N5O3/c1-11-3-4-14(9-12(11)2)18(25)24(21)19(20)22-17(23-24)13-5-6-15-16(10-13)27-8-7-26-15/h3-6,9-10H,7-8,21H2,1-2H3,(H2,20,22,23)/q+1. The average molecular weight is 366 g/mol. The number of amides is 1. The lowest BCUT2D eigenvalue weighted by atomic mass is 10.1. The van der Waals surface area contributed by atoms with Gasteiger partial charge in [0.05, 0.1) is 5.56 Å². The molecule has 2 aromatic carbocycles. The molecule has 1 amide bonds. The molecular formula is C19H20N5O3+. The zero-order valence-corrected chi connectivity index (χ0v) is 15.1.